The first-order chi connectivity index (χ1) is 11.3. The third kappa shape index (κ3) is 4.56. The highest BCUT2D eigenvalue weighted by Gasteiger charge is 2.17. The molecule has 1 aromatic carbocycles. The predicted molar refractivity (Wildman–Crippen MR) is 88.7 cm³/mol. The fraction of sp³-hybridized carbons (Fsp3) is 0.222. The number of rotatable bonds is 1. The molecule has 0 atom stereocenters. The van der Waals surface area contributed by atoms with E-state index in [-0.39, 0.29) is 17.5 Å². The number of hydrogen-bond donors (Lipinski definition) is 1. The van der Waals surface area contributed by atoms with Gasteiger partial charge in [0.25, 0.3) is 0 Å². The van der Waals surface area contributed by atoms with Gasteiger partial charge in [0.2, 0.25) is 0 Å². The van der Waals surface area contributed by atoms with Crippen molar-refractivity contribution in [3.05, 3.63) is 53.0 Å². The SMILES string of the molecule is CC(C)(C)OC(=O)c1ccc(C#Cc2cnc(N)c(C#N)n2)cc1. The normalized spacial score (nSPS) is 10.2. The first-order valence-electron chi connectivity index (χ1n) is 7.16. The van der Waals surface area contributed by atoms with E-state index < -0.39 is 5.60 Å². The number of ether oxygens (including phenoxy) is 1. The van der Waals surface area contributed by atoms with Crippen LogP contribution in [-0.2, 0) is 4.74 Å². The fourth-order valence-corrected chi connectivity index (χ4v) is 1.70. The lowest BCUT2D eigenvalue weighted by molar-refractivity contribution is 0.00695. The fourth-order valence-electron chi connectivity index (χ4n) is 1.70. The molecule has 6 nitrogen and oxygen atoms in total. The van der Waals surface area contributed by atoms with E-state index in [0.717, 1.165) is 0 Å². The number of benzene rings is 1. The van der Waals surface area contributed by atoms with Crippen molar-refractivity contribution in [2.45, 2.75) is 26.4 Å². The molecule has 0 saturated carbocycles. The Morgan fingerprint density at radius 2 is 1.88 bits per heavy atom. The van der Waals surface area contributed by atoms with E-state index >= 15 is 0 Å². The number of aromatic nitrogens is 2. The number of carbonyl (C=O) groups is 1. The molecule has 0 bridgehead atoms. The molecule has 0 aliphatic rings. The monoisotopic (exact) mass is 320 g/mol. The molecule has 6 heteroatoms. The molecule has 1 heterocycles. The lowest BCUT2D eigenvalue weighted by Gasteiger charge is -2.19. The summed E-state index contributed by atoms with van der Waals surface area (Å²) < 4.78 is 5.29. The smallest absolute Gasteiger partial charge is 0.338 e. The maximum Gasteiger partial charge on any atom is 0.338 e. The zero-order valence-electron chi connectivity index (χ0n) is 13.6. The number of hydrogen-bond acceptors (Lipinski definition) is 6. The van der Waals surface area contributed by atoms with E-state index in [1.165, 1.54) is 6.20 Å². The van der Waals surface area contributed by atoms with Crippen LogP contribution in [0.3, 0.4) is 0 Å². The molecule has 2 rings (SSSR count). The number of anilines is 1. The van der Waals surface area contributed by atoms with Crippen LogP contribution in [0.4, 0.5) is 5.82 Å². The van der Waals surface area contributed by atoms with E-state index in [1.807, 2.05) is 26.8 Å². The molecule has 0 spiro atoms. The van der Waals surface area contributed by atoms with Crippen molar-refractivity contribution in [3.8, 4) is 17.9 Å². The Kier molecular flexibility index (Phi) is 4.81. The summed E-state index contributed by atoms with van der Waals surface area (Å²) in [6.07, 6.45) is 1.40. The Balaban J connectivity index is 2.16. The van der Waals surface area contributed by atoms with E-state index in [4.69, 9.17) is 15.7 Å². The largest absolute Gasteiger partial charge is 0.456 e. The molecule has 0 radical (unpaired) electrons. The van der Waals surface area contributed by atoms with Crippen LogP contribution >= 0.6 is 0 Å². The number of carbonyl (C=O) groups excluding carboxylic acids is 1. The van der Waals surface area contributed by atoms with E-state index in [0.29, 0.717) is 16.8 Å². The zero-order valence-corrected chi connectivity index (χ0v) is 13.6. The summed E-state index contributed by atoms with van der Waals surface area (Å²) in [7, 11) is 0. The third-order valence-corrected chi connectivity index (χ3v) is 2.76. The number of nitrogens with two attached hydrogens (primary N) is 1. The van der Waals surface area contributed by atoms with Crippen LogP contribution in [0.1, 0.15) is 48.1 Å². The molecule has 2 aromatic rings. The van der Waals surface area contributed by atoms with Crippen LogP contribution < -0.4 is 5.73 Å². The zero-order chi connectivity index (χ0) is 17.7. The van der Waals surface area contributed by atoms with Crippen LogP contribution in [0.15, 0.2) is 30.5 Å². The predicted octanol–water partition coefficient (Wildman–Crippen LogP) is 2.29. The van der Waals surface area contributed by atoms with Gasteiger partial charge in [0, 0.05) is 5.56 Å². The van der Waals surface area contributed by atoms with Crippen molar-refractivity contribution in [3.63, 3.8) is 0 Å². The quantitative estimate of drug-likeness (QED) is 0.639. The highest BCUT2D eigenvalue weighted by atomic mass is 16.6. The number of nitrogens with zero attached hydrogens (tertiary/aromatic N) is 3. The Hall–Kier alpha value is -3.38. The van der Waals surface area contributed by atoms with Gasteiger partial charge in [-0.25, -0.2) is 14.8 Å². The van der Waals surface area contributed by atoms with Crippen molar-refractivity contribution < 1.29 is 9.53 Å². The maximum absolute atomic E-state index is 11.9. The van der Waals surface area contributed by atoms with E-state index in [1.54, 1.807) is 24.3 Å². The van der Waals surface area contributed by atoms with Gasteiger partial charge >= 0.3 is 5.97 Å². The van der Waals surface area contributed by atoms with Gasteiger partial charge < -0.3 is 10.5 Å². The van der Waals surface area contributed by atoms with Crippen molar-refractivity contribution in [1.29, 1.82) is 5.26 Å². The molecule has 1 aromatic heterocycles. The summed E-state index contributed by atoms with van der Waals surface area (Å²) in [5.41, 5.74) is 6.50. The second-order valence-electron chi connectivity index (χ2n) is 5.93. The summed E-state index contributed by atoms with van der Waals surface area (Å²) in [6.45, 7) is 5.44. The molecule has 24 heavy (non-hydrogen) atoms. The van der Waals surface area contributed by atoms with E-state index in [2.05, 4.69) is 21.8 Å². The number of esters is 1. The van der Waals surface area contributed by atoms with Crippen LogP contribution in [0, 0.1) is 23.2 Å². The van der Waals surface area contributed by atoms with Gasteiger partial charge in [-0.05, 0) is 51.0 Å². The standard InChI is InChI=1S/C18H16N4O2/c1-18(2,3)24-17(23)13-7-4-12(5-8-13)6-9-14-11-21-16(20)15(10-19)22-14/h4-5,7-8,11H,1-3H3,(H2,20,21). The molecule has 0 saturated heterocycles. The van der Waals surface area contributed by atoms with Gasteiger partial charge in [0.05, 0.1) is 11.8 Å². The van der Waals surface area contributed by atoms with Crippen molar-refractivity contribution >= 4 is 11.8 Å². The summed E-state index contributed by atoms with van der Waals surface area (Å²) in [6, 6.07) is 8.57. The Labute approximate surface area is 140 Å². The second kappa shape index (κ2) is 6.80. The van der Waals surface area contributed by atoms with Crippen LogP contribution in [0.2, 0.25) is 0 Å². The van der Waals surface area contributed by atoms with Crippen molar-refractivity contribution in [2.75, 3.05) is 5.73 Å². The van der Waals surface area contributed by atoms with E-state index in [9.17, 15) is 4.79 Å². The number of nitrogen functional groups attached to an aromatic ring is 1. The Morgan fingerprint density at radius 1 is 1.21 bits per heavy atom. The Morgan fingerprint density at radius 3 is 2.46 bits per heavy atom. The highest BCUT2D eigenvalue weighted by Crippen LogP contribution is 2.12. The molecular formula is C18H16N4O2. The molecular weight excluding hydrogens is 304 g/mol. The van der Waals surface area contributed by atoms with Crippen molar-refractivity contribution in [1.82, 2.24) is 9.97 Å². The second-order valence-corrected chi connectivity index (χ2v) is 5.93. The van der Waals surface area contributed by atoms with Crippen LogP contribution in [-0.4, -0.2) is 21.5 Å². The third-order valence-electron chi connectivity index (χ3n) is 2.76. The molecule has 2 N–H and O–H groups in total. The molecule has 0 aliphatic heterocycles. The maximum atomic E-state index is 11.9. The topological polar surface area (TPSA) is 102 Å². The van der Waals surface area contributed by atoms with Crippen LogP contribution in [0.5, 0.6) is 0 Å². The lowest BCUT2D eigenvalue weighted by Crippen LogP contribution is -2.23. The summed E-state index contributed by atoms with van der Waals surface area (Å²) >= 11 is 0. The molecule has 0 aliphatic carbocycles. The van der Waals surface area contributed by atoms with Gasteiger partial charge in [-0.15, -0.1) is 0 Å². The summed E-state index contributed by atoms with van der Waals surface area (Å²) in [5.74, 6) is 5.38. The minimum absolute atomic E-state index is 0.0436. The van der Waals surface area contributed by atoms with Gasteiger partial charge in [0.1, 0.15) is 17.4 Å². The van der Waals surface area contributed by atoms with Gasteiger partial charge in [-0.2, -0.15) is 5.26 Å². The first-order valence-corrected chi connectivity index (χ1v) is 7.16. The molecule has 0 unspecified atom stereocenters. The lowest BCUT2D eigenvalue weighted by atomic mass is 10.1. The molecule has 120 valence electrons. The van der Waals surface area contributed by atoms with Gasteiger partial charge in [-0.3, -0.25) is 0 Å². The van der Waals surface area contributed by atoms with Crippen LogP contribution in [0.25, 0.3) is 0 Å². The van der Waals surface area contributed by atoms with Crippen molar-refractivity contribution in [2.24, 2.45) is 0 Å². The van der Waals surface area contributed by atoms with Gasteiger partial charge in [0.15, 0.2) is 11.5 Å². The highest BCUT2D eigenvalue weighted by molar-refractivity contribution is 5.89. The van der Waals surface area contributed by atoms with Gasteiger partial charge in [-0.1, -0.05) is 5.92 Å². The Bertz CT molecular complexity index is 863. The summed E-state index contributed by atoms with van der Waals surface area (Å²) in [4.78, 5) is 19.8. The first kappa shape index (κ1) is 17.0. The minimum Gasteiger partial charge on any atom is -0.456 e. The average Bonchev–Trinajstić information content (AvgIpc) is 2.53. The minimum atomic E-state index is -0.540. The average molecular weight is 320 g/mol. The number of nitriles is 1. The summed E-state index contributed by atoms with van der Waals surface area (Å²) in [5, 5.41) is 8.87. The molecule has 0 amide bonds. The molecule has 0 fully saturated rings.